The number of aromatic nitrogens is 5. The molecule has 4 rings (SSSR count). The molecule has 10 heteroatoms. The highest BCUT2D eigenvalue weighted by atomic mass is 16.5. The van der Waals surface area contributed by atoms with Gasteiger partial charge in [0.1, 0.15) is 11.8 Å². The fourth-order valence-electron chi connectivity index (χ4n) is 3.26. The molecular weight excluding hydrogens is 372 g/mol. The van der Waals surface area contributed by atoms with Crippen LogP contribution in [0.1, 0.15) is 18.4 Å². The smallest absolute Gasteiger partial charge is 0.243 e. The van der Waals surface area contributed by atoms with Crippen LogP contribution in [0.4, 0.5) is 11.6 Å². The molecule has 0 aromatic carbocycles. The van der Waals surface area contributed by atoms with Crippen molar-refractivity contribution in [3.05, 3.63) is 36.8 Å². The van der Waals surface area contributed by atoms with Gasteiger partial charge in [0.15, 0.2) is 0 Å². The second kappa shape index (κ2) is 7.74. The molecule has 1 aliphatic rings. The Bertz CT molecular complexity index is 1060. The lowest BCUT2D eigenvalue weighted by Gasteiger charge is -2.35. The van der Waals surface area contributed by atoms with Crippen molar-refractivity contribution in [3.8, 4) is 5.88 Å². The zero-order valence-corrected chi connectivity index (χ0v) is 16.1. The van der Waals surface area contributed by atoms with Crippen LogP contribution in [-0.4, -0.2) is 49.5 Å². The molecule has 0 radical (unpaired) electrons. The van der Waals surface area contributed by atoms with Gasteiger partial charge in [-0.05, 0) is 12.8 Å². The Balaban J connectivity index is 1.58. The minimum Gasteiger partial charge on any atom is -0.474 e. The Hall–Kier alpha value is -3.69. The van der Waals surface area contributed by atoms with E-state index in [0.29, 0.717) is 36.9 Å². The lowest BCUT2D eigenvalue weighted by Crippen LogP contribution is -2.48. The van der Waals surface area contributed by atoms with Crippen LogP contribution < -0.4 is 15.4 Å². The molecule has 3 heterocycles. The first-order chi connectivity index (χ1) is 14.1. The lowest BCUT2D eigenvalue weighted by molar-refractivity contribution is -0.118. The predicted octanol–water partition coefficient (Wildman–Crippen LogP) is 1.85. The first-order valence-electron chi connectivity index (χ1n) is 9.21. The number of anilines is 2. The van der Waals surface area contributed by atoms with Gasteiger partial charge in [0.25, 0.3) is 0 Å². The van der Waals surface area contributed by atoms with E-state index in [0.717, 1.165) is 16.6 Å². The number of ether oxygens (including phenoxy) is 1. The van der Waals surface area contributed by atoms with Crippen molar-refractivity contribution in [2.24, 2.45) is 12.0 Å². The highest BCUT2D eigenvalue weighted by Crippen LogP contribution is 2.33. The SMILES string of the molecule is C=CC(=O)NC1CC(Oc2nc(Nc3cnn(C)c3)nc3[nH]cc(CN=C)c23)C1. The third kappa shape index (κ3) is 3.96. The van der Waals surface area contributed by atoms with Crippen LogP contribution in [0.25, 0.3) is 11.0 Å². The van der Waals surface area contributed by atoms with Crippen molar-refractivity contribution < 1.29 is 9.53 Å². The van der Waals surface area contributed by atoms with Crippen molar-refractivity contribution in [1.82, 2.24) is 30.0 Å². The number of H-pyrrole nitrogens is 1. The van der Waals surface area contributed by atoms with E-state index >= 15 is 0 Å². The number of rotatable bonds is 8. The number of carbonyl (C=O) groups is 1. The Morgan fingerprint density at radius 2 is 2.31 bits per heavy atom. The molecule has 150 valence electrons. The summed E-state index contributed by atoms with van der Waals surface area (Å²) < 4.78 is 7.85. The van der Waals surface area contributed by atoms with E-state index in [1.165, 1.54) is 6.08 Å². The summed E-state index contributed by atoms with van der Waals surface area (Å²) in [5, 5.41) is 10.9. The number of hydrogen-bond donors (Lipinski definition) is 3. The van der Waals surface area contributed by atoms with Crippen LogP contribution in [0.15, 0.2) is 36.2 Å². The van der Waals surface area contributed by atoms with Crippen LogP contribution in [0.3, 0.4) is 0 Å². The number of hydrogen-bond acceptors (Lipinski definition) is 7. The minimum absolute atomic E-state index is 0.0473. The second-order valence-electron chi connectivity index (χ2n) is 6.92. The third-order valence-corrected chi connectivity index (χ3v) is 4.73. The maximum Gasteiger partial charge on any atom is 0.243 e. The molecule has 29 heavy (non-hydrogen) atoms. The average molecular weight is 394 g/mol. The Morgan fingerprint density at radius 1 is 1.48 bits per heavy atom. The molecule has 10 nitrogen and oxygen atoms in total. The topological polar surface area (TPSA) is 122 Å². The molecule has 0 spiro atoms. The summed E-state index contributed by atoms with van der Waals surface area (Å²) in [6, 6.07) is 0.0800. The summed E-state index contributed by atoms with van der Waals surface area (Å²) in [7, 11) is 1.83. The Labute approximate surface area is 167 Å². The molecule has 0 aliphatic heterocycles. The Kier molecular flexibility index (Phi) is 4.98. The van der Waals surface area contributed by atoms with Crippen molar-refractivity contribution in [3.63, 3.8) is 0 Å². The van der Waals surface area contributed by atoms with E-state index in [9.17, 15) is 4.79 Å². The highest BCUT2D eigenvalue weighted by Gasteiger charge is 2.33. The monoisotopic (exact) mass is 394 g/mol. The number of amides is 1. The predicted molar refractivity (Wildman–Crippen MR) is 109 cm³/mol. The summed E-state index contributed by atoms with van der Waals surface area (Å²) in [6.45, 7) is 7.46. The lowest BCUT2D eigenvalue weighted by atomic mass is 9.89. The van der Waals surface area contributed by atoms with Crippen molar-refractivity contribution >= 4 is 35.3 Å². The van der Waals surface area contributed by atoms with Crippen molar-refractivity contribution in [2.75, 3.05) is 5.32 Å². The second-order valence-corrected chi connectivity index (χ2v) is 6.92. The number of aliphatic imine (C=N–C) groups is 1. The van der Waals surface area contributed by atoms with Crippen molar-refractivity contribution in [2.45, 2.75) is 31.5 Å². The maximum atomic E-state index is 11.4. The van der Waals surface area contributed by atoms with E-state index in [1.807, 2.05) is 19.4 Å². The van der Waals surface area contributed by atoms with Gasteiger partial charge in [-0.1, -0.05) is 6.58 Å². The Morgan fingerprint density at radius 3 is 3.00 bits per heavy atom. The number of fused-ring (bicyclic) bond motifs is 1. The summed E-state index contributed by atoms with van der Waals surface area (Å²) in [4.78, 5) is 27.7. The van der Waals surface area contributed by atoms with E-state index in [-0.39, 0.29) is 18.1 Å². The fourth-order valence-corrected chi connectivity index (χ4v) is 3.26. The number of aryl methyl sites for hydroxylation is 1. The van der Waals surface area contributed by atoms with Gasteiger partial charge in [-0.3, -0.25) is 14.5 Å². The van der Waals surface area contributed by atoms with Gasteiger partial charge in [0, 0.05) is 43.9 Å². The molecule has 1 fully saturated rings. The molecule has 3 aromatic heterocycles. The molecule has 1 aliphatic carbocycles. The average Bonchev–Trinajstić information content (AvgIpc) is 3.26. The molecule has 0 atom stereocenters. The molecule has 1 amide bonds. The number of nitrogens with one attached hydrogen (secondary N) is 3. The first-order valence-corrected chi connectivity index (χ1v) is 9.21. The standard InChI is InChI=1S/C19H22N8O2/c1-4-15(28)23-12-5-14(6-12)29-18-16-11(7-20-2)8-21-17(16)25-19(26-18)24-13-9-22-27(3)10-13/h4,8-10,12,14H,1-2,5-7H2,3H3,(H,23,28)(H2,21,24,25,26). The van der Waals surface area contributed by atoms with Gasteiger partial charge in [0.05, 0.1) is 23.8 Å². The largest absolute Gasteiger partial charge is 0.474 e. The van der Waals surface area contributed by atoms with Gasteiger partial charge in [-0.2, -0.15) is 15.1 Å². The summed E-state index contributed by atoms with van der Waals surface area (Å²) >= 11 is 0. The summed E-state index contributed by atoms with van der Waals surface area (Å²) in [6.07, 6.45) is 7.99. The molecule has 1 saturated carbocycles. The highest BCUT2D eigenvalue weighted by molar-refractivity contribution is 5.87. The van der Waals surface area contributed by atoms with E-state index < -0.39 is 0 Å². The van der Waals surface area contributed by atoms with Crippen LogP contribution in [0.2, 0.25) is 0 Å². The number of carbonyl (C=O) groups excluding carboxylic acids is 1. The molecule has 0 unspecified atom stereocenters. The quantitative estimate of drug-likeness (QED) is 0.396. The van der Waals surface area contributed by atoms with Crippen LogP contribution >= 0.6 is 0 Å². The van der Waals surface area contributed by atoms with Crippen molar-refractivity contribution in [1.29, 1.82) is 0 Å². The van der Waals surface area contributed by atoms with Gasteiger partial charge in [-0.15, -0.1) is 0 Å². The van der Waals surface area contributed by atoms with E-state index in [2.05, 4.69) is 49.0 Å². The summed E-state index contributed by atoms with van der Waals surface area (Å²) in [5.41, 5.74) is 2.33. The minimum atomic E-state index is -0.175. The zero-order chi connectivity index (χ0) is 20.4. The normalized spacial score (nSPS) is 18.1. The van der Waals surface area contributed by atoms with Gasteiger partial charge in [-0.25, -0.2) is 0 Å². The van der Waals surface area contributed by atoms with Crippen LogP contribution in [0, 0.1) is 0 Å². The van der Waals surface area contributed by atoms with E-state index in [1.54, 1.807) is 10.9 Å². The fraction of sp³-hybridized carbons (Fsp3) is 0.316. The van der Waals surface area contributed by atoms with Gasteiger partial charge < -0.3 is 20.4 Å². The third-order valence-electron chi connectivity index (χ3n) is 4.73. The number of aromatic amines is 1. The number of nitrogens with zero attached hydrogens (tertiary/aromatic N) is 5. The van der Waals surface area contributed by atoms with Crippen LogP contribution in [-0.2, 0) is 18.4 Å². The first kappa shape index (κ1) is 18.7. The molecule has 3 aromatic rings. The van der Waals surface area contributed by atoms with E-state index in [4.69, 9.17) is 4.74 Å². The van der Waals surface area contributed by atoms with Crippen LogP contribution in [0.5, 0.6) is 5.88 Å². The zero-order valence-electron chi connectivity index (χ0n) is 16.1. The van der Waals surface area contributed by atoms with Gasteiger partial charge >= 0.3 is 0 Å². The molecule has 3 N–H and O–H groups in total. The molecular formula is C19H22N8O2. The molecule has 0 bridgehead atoms. The maximum absolute atomic E-state index is 11.4. The summed E-state index contributed by atoms with van der Waals surface area (Å²) in [5.74, 6) is 0.696. The molecule has 0 saturated heterocycles. The van der Waals surface area contributed by atoms with Gasteiger partial charge in [0.2, 0.25) is 17.7 Å².